The number of hydrogen-bond acceptors (Lipinski definition) is 4. The number of fused-ring (bicyclic) bond motifs is 2. The number of halogens is 1. The molecule has 4 N–H and O–H groups in total. The second kappa shape index (κ2) is 4.19. The van der Waals surface area contributed by atoms with Gasteiger partial charge in [-0.15, -0.1) is 11.3 Å². The molecule has 5 heteroatoms. The summed E-state index contributed by atoms with van der Waals surface area (Å²) in [6, 6.07) is 13.6. The maximum atomic E-state index is 13.5. The Bertz CT molecular complexity index is 779. The number of thiophene rings is 1. The molecular formula is C15H12FN3S. The van der Waals surface area contributed by atoms with Crippen LogP contribution in [0.2, 0.25) is 0 Å². The van der Waals surface area contributed by atoms with Crippen LogP contribution in [0, 0.1) is 5.82 Å². The van der Waals surface area contributed by atoms with Crippen LogP contribution >= 0.6 is 11.3 Å². The Morgan fingerprint density at radius 2 is 2.00 bits per heavy atom. The van der Waals surface area contributed by atoms with Crippen molar-refractivity contribution in [2.24, 2.45) is 0 Å². The maximum Gasteiger partial charge on any atom is 0.148 e. The molecule has 0 radical (unpaired) electrons. The fraction of sp³-hybridized carbons (Fsp3) is 0.0667. The molecule has 3 aromatic rings. The van der Waals surface area contributed by atoms with Crippen LogP contribution in [0.15, 0.2) is 42.5 Å². The Labute approximate surface area is 119 Å². The van der Waals surface area contributed by atoms with Gasteiger partial charge in [-0.05, 0) is 23.6 Å². The highest BCUT2D eigenvalue weighted by Gasteiger charge is 2.26. The average Bonchev–Trinajstić information content (AvgIpc) is 3.02. The summed E-state index contributed by atoms with van der Waals surface area (Å²) >= 11 is 1.73. The van der Waals surface area contributed by atoms with Gasteiger partial charge in [-0.3, -0.25) is 0 Å². The van der Waals surface area contributed by atoms with Crippen molar-refractivity contribution in [2.75, 3.05) is 11.2 Å². The van der Waals surface area contributed by atoms with Crippen molar-refractivity contribution in [1.29, 1.82) is 0 Å². The molecule has 3 nitrogen and oxygen atoms in total. The molecule has 0 fully saturated rings. The number of anilines is 2. The van der Waals surface area contributed by atoms with E-state index in [2.05, 4.69) is 29.1 Å². The lowest BCUT2D eigenvalue weighted by Gasteiger charge is -2.08. The molecule has 0 aliphatic carbocycles. The van der Waals surface area contributed by atoms with Crippen molar-refractivity contribution in [3.63, 3.8) is 0 Å². The standard InChI is InChI=1S/C15H12FN3S/c16-10-7-12-9(6-11(10)17)15(19-18-12)14-5-8-3-1-2-4-13(8)20-14/h1-7,15,18-19H,17H2. The first-order valence-electron chi connectivity index (χ1n) is 6.31. The lowest BCUT2D eigenvalue weighted by Crippen LogP contribution is -2.18. The number of rotatable bonds is 1. The number of benzene rings is 2. The summed E-state index contributed by atoms with van der Waals surface area (Å²) in [4.78, 5) is 1.18. The minimum Gasteiger partial charge on any atom is -0.396 e. The fourth-order valence-electron chi connectivity index (χ4n) is 2.55. The molecule has 0 spiro atoms. The number of hydrazine groups is 1. The fourth-order valence-corrected chi connectivity index (χ4v) is 3.69. The Morgan fingerprint density at radius 1 is 1.15 bits per heavy atom. The monoisotopic (exact) mass is 285 g/mol. The predicted molar refractivity (Wildman–Crippen MR) is 81.2 cm³/mol. The number of hydrogen-bond donors (Lipinski definition) is 3. The number of nitrogen functional groups attached to an aromatic ring is 1. The molecule has 2 heterocycles. The third-order valence-corrected chi connectivity index (χ3v) is 4.74. The molecule has 1 atom stereocenters. The number of nitrogens with two attached hydrogens (primary N) is 1. The highest BCUT2D eigenvalue weighted by Crippen LogP contribution is 2.39. The van der Waals surface area contributed by atoms with E-state index in [1.54, 1.807) is 17.4 Å². The van der Waals surface area contributed by atoms with Crippen LogP contribution in [0.3, 0.4) is 0 Å². The highest BCUT2D eigenvalue weighted by atomic mass is 32.1. The normalized spacial score (nSPS) is 17.1. The van der Waals surface area contributed by atoms with Gasteiger partial charge in [0.05, 0.1) is 17.4 Å². The van der Waals surface area contributed by atoms with Crippen LogP contribution in [0.25, 0.3) is 10.1 Å². The Hall–Kier alpha value is -2.11. The largest absolute Gasteiger partial charge is 0.396 e. The van der Waals surface area contributed by atoms with Crippen molar-refractivity contribution in [3.8, 4) is 0 Å². The molecule has 2 aromatic carbocycles. The topological polar surface area (TPSA) is 50.1 Å². The van der Waals surface area contributed by atoms with E-state index >= 15 is 0 Å². The minimum atomic E-state index is -0.393. The summed E-state index contributed by atoms with van der Waals surface area (Å²) in [5, 5.41) is 1.22. The van der Waals surface area contributed by atoms with E-state index in [1.807, 2.05) is 12.1 Å². The second-order valence-corrected chi connectivity index (χ2v) is 5.97. The average molecular weight is 285 g/mol. The van der Waals surface area contributed by atoms with E-state index in [0.29, 0.717) is 0 Å². The van der Waals surface area contributed by atoms with Gasteiger partial charge in [0.25, 0.3) is 0 Å². The molecule has 0 saturated heterocycles. The molecule has 0 bridgehead atoms. The van der Waals surface area contributed by atoms with Gasteiger partial charge in [-0.2, -0.15) is 0 Å². The van der Waals surface area contributed by atoms with Gasteiger partial charge >= 0.3 is 0 Å². The van der Waals surface area contributed by atoms with Crippen molar-refractivity contribution >= 4 is 32.8 Å². The minimum absolute atomic E-state index is 0.00491. The van der Waals surface area contributed by atoms with Crippen molar-refractivity contribution < 1.29 is 4.39 Å². The Morgan fingerprint density at radius 3 is 2.85 bits per heavy atom. The van der Waals surface area contributed by atoms with Crippen LogP contribution in [0.4, 0.5) is 15.8 Å². The van der Waals surface area contributed by atoms with E-state index < -0.39 is 5.82 Å². The molecule has 0 amide bonds. The Balaban J connectivity index is 1.84. The first-order valence-corrected chi connectivity index (χ1v) is 7.13. The summed E-state index contributed by atoms with van der Waals surface area (Å²) in [5.41, 5.74) is 13.8. The van der Waals surface area contributed by atoms with Crippen molar-refractivity contribution in [2.45, 2.75) is 6.04 Å². The van der Waals surface area contributed by atoms with Gasteiger partial charge in [0.15, 0.2) is 0 Å². The van der Waals surface area contributed by atoms with Gasteiger partial charge in [-0.25, -0.2) is 9.82 Å². The van der Waals surface area contributed by atoms with Gasteiger partial charge in [0.1, 0.15) is 5.82 Å². The smallest absolute Gasteiger partial charge is 0.148 e. The van der Waals surface area contributed by atoms with E-state index in [-0.39, 0.29) is 11.7 Å². The SMILES string of the molecule is Nc1cc2c(cc1F)NNC2c1cc2ccccc2s1. The lowest BCUT2D eigenvalue weighted by atomic mass is 10.0. The van der Waals surface area contributed by atoms with E-state index in [9.17, 15) is 4.39 Å². The van der Waals surface area contributed by atoms with Crippen molar-refractivity contribution in [1.82, 2.24) is 5.43 Å². The zero-order chi connectivity index (χ0) is 13.7. The molecule has 4 rings (SSSR count). The first kappa shape index (κ1) is 11.7. The zero-order valence-corrected chi connectivity index (χ0v) is 11.3. The van der Waals surface area contributed by atoms with Gasteiger partial charge in [0.2, 0.25) is 0 Å². The van der Waals surface area contributed by atoms with Gasteiger partial charge in [0, 0.05) is 21.2 Å². The van der Waals surface area contributed by atoms with Crippen LogP contribution in [0.5, 0.6) is 0 Å². The van der Waals surface area contributed by atoms with Crippen LogP contribution < -0.4 is 16.6 Å². The maximum absolute atomic E-state index is 13.5. The summed E-state index contributed by atoms with van der Waals surface area (Å²) in [5.74, 6) is -0.393. The van der Waals surface area contributed by atoms with Crippen LogP contribution in [-0.4, -0.2) is 0 Å². The highest BCUT2D eigenvalue weighted by molar-refractivity contribution is 7.19. The Kier molecular flexibility index (Phi) is 2.45. The second-order valence-electron chi connectivity index (χ2n) is 4.85. The molecular weight excluding hydrogens is 273 g/mol. The summed E-state index contributed by atoms with van der Waals surface area (Å²) in [6.07, 6.45) is 0. The van der Waals surface area contributed by atoms with E-state index in [1.165, 1.54) is 21.0 Å². The molecule has 0 saturated carbocycles. The zero-order valence-electron chi connectivity index (χ0n) is 10.5. The number of nitrogens with one attached hydrogen (secondary N) is 2. The van der Waals surface area contributed by atoms with E-state index in [4.69, 9.17) is 5.73 Å². The summed E-state index contributed by atoms with van der Waals surface area (Å²) in [7, 11) is 0. The predicted octanol–water partition coefficient (Wildman–Crippen LogP) is 3.64. The van der Waals surface area contributed by atoms with E-state index in [0.717, 1.165) is 11.3 Å². The first-order chi connectivity index (χ1) is 9.72. The van der Waals surface area contributed by atoms with Gasteiger partial charge in [-0.1, -0.05) is 18.2 Å². The van der Waals surface area contributed by atoms with Crippen molar-refractivity contribution in [3.05, 3.63) is 58.7 Å². The summed E-state index contributed by atoms with van der Waals surface area (Å²) in [6.45, 7) is 0. The van der Waals surface area contributed by atoms with Crippen LogP contribution in [0.1, 0.15) is 16.5 Å². The third-order valence-electron chi connectivity index (χ3n) is 3.56. The van der Waals surface area contributed by atoms with Crippen LogP contribution in [-0.2, 0) is 0 Å². The molecule has 1 unspecified atom stereocenters. The molecule has 1 aliphatic rings. The summed E-state index contributed by atoms with van der Waals surface area (Å²) < 4.78 is 14.7. The third kappa shape index (κ3) is 1.67. The quantitative estimate of drug-likeness (QED) is 0.598. The molecule has 1 aliphatic heterocycles. The van der Waals surface area contributed by atoms with Gasteiger partial charge < -0.3 is 11.2 Å². The molecule has 100 valence electrons. The molecule has 20 heavy (non-hydrogen) atoms. The lowest BCUT2D eigenvalue weighted by molar-refractivity contribution is 0.633. The molecule has 1 aromatic heterocycles.